The molecule has 1 heterocycles. The zero-order valence-electron chi connectivity index (χ0n) is 9.42. The van der Waals surface area contributed by atoms with Crippen LogP contribution in [0.15, 0.2) is 34.7 Å². The molecule has 2 aromatic rings. The van der Waals surface area contributed by atoms with E-state index >= 15 is 0 Å². The minimum absolute atomic E-state index is 0.217. The van der Waals surface area contributed by atoms with Crippen LogP contribution in [0.2, 0.25) is 0 Å². The van der Waals surface area contributed by atoms with Gasteiger partial charge < -0.3 is 0 Å². The molecule has 0 bridgehead atoms. The van der Waals surface area contributed by atoms with Gasteiger partial charge in [0.15, 0.2) is 4.34 Å². The number of aromatic nitrogens is 2. The van der Waals surface area contributed by atoms with E-state index in [0.29, 0.717) is 12.2 Å². The molecule has 17 heavy (non-hydrogen) atoms. The average molecular weight is 264 g/mol. The van der Waals surface area contributed by atoms with E-state index < -0.39 is 0 Å². The monoisotopic (exact) mass is 264 g/mol. The minimum Gasteiger partial charge on any atom is -0.298 e. The van der Waals surface area contributed by atoms with E-state index in [4.69, 9.17) is 0 Å². The van der Waals surface area contributed by atoms with Crippen molar-refractivity contribution in [1.29, 1.82) is 0 Å². The molecular formula is C12H12N2OS2. The molecule has 3 nitrogen and oxygen atoms in total. The number of carbonyl (C=O) groups excluding carboxylic acids is 1. The Hall–Kier alpha value is -1.20. The van der Waals surface area contributed by atoms with Gasteiger partial charge in [0.05, 0.1) is 5.75 Å². The van der Waals surface area contributed by atoms with Crippen molar-refractivity contribution in [2.24, 2.45) is 0 Å². The van der Waals surface area contributed by atoms with Crippen molar-refractivity contribution in [1.82, 2.24) is 10.2 Å². The number of thioether (sulfide) groups is 1. The lowest BCUT2D eigenvalue weighted by atomic mass is 10.1. The van der Waals surface area contributed by atoms with Crippen LogP contribution in [0.4, 0.5) is 0 Å². The fraction of sp³-hybridized carbons (Fsp3) is 0.250. The summed E-state index contributed by atoms with van der Waals surface area (Å²) in [5.41, 5.74) is 1.06. The zero-order valence-corrected chi connectivity index (χ0v) is 11.1. The van der Waals surface area contributed by atoms with Crippen LogP contribution in [0.1, 0.15) is 10.6 Å². The summed E-state index contributed by atoms with van der Waals surface area (Å²) in [7, 11) is 0. The number of ketones is 1. The highest BCUT2D eigenvalue weighted by atomic mass is 32.2. The second-order valence-corrected chi connectivity index (χ2v) is 5.98. The molecular weight excluding hydrogens is 252 g/mol. The number of carbonyl (C=O) groups is 1. The van der Waals surface area contributed by atoms with Crippen molar-refractivity contribution in [2.75, 3.05) is 5.75 Å². The lowest BCUT2D eigenvalue weighted by Crippen LogP contribution is -2.05. The van der Waals surface area contributed by atoms with Crippen molar-refractivity contribution in [3.63, 3.8) is 0 Å². The van der Waals surface area contributed by atoms with Crippen LogP contribution in [0.3, 0.4) is 0 Å². The van der Waals surface area contributed by atoms with Crippen molar-refractivity contribution in [2.45, 2.75) is 17.7 Å². The fourth-order valence-corrected chi connectivity index (χ4v) is 3.03. The Balaban J connectivity index is 1.82. The molecule has 0 aliphatic heterocycles. The molecule has 0 saturated heterocycles. The van der Waals surface area contributed by atoms with Crippen LogP contribution < -0.4 is 0 Å². The van der Waals surface area contributed by atoms with E-state index in [1.807, 2.05) is 37.3 Å². The minimum atomic E-state index is 0.217. The molecule has 1 aromatic heterocycles. The third-order valence-electron chi connectivity index (χ3n) is 2.11. The van der Waals surface area contributed by atoms with E-state index in [0.717, 1.165) is 14.9 Å². The van der Waals surface area contributed by atoms with E-state index in [2.05, 4.69) is 10.2 Å². The smallest absolute Gasteiger partial charge is 0.174 e. The highest BCUT2D eigenvalue weighted by molar-refractivity contribution is 8.01. The average Bonchev–Trinajstić information content (AvgIpc) is 2.74. The van der Waals surface area contributed by atoms with Gasteiger partial charge in [-0.15, -0.1) is 10.2 Å². The van der Waals surface area contributed by atoms with Gasteiger partial charge in [-0.2, -0.15) is 0 Å². The molecule has 0 amide bonds. The summed E-state index contributed by atoms with van der Waals surface area (Å²) in [5.74, 6) is 0.679. The molecule has 0 spiro atoms. The predicted molar refractivity (Wildman–Crippen MR) is 70.5 cm³/mol. The summed E-state index contributed by atoms with van der Waals surface area (Å²) >= 11 is 2.99. The summed E-state index contributed by atoms with van der Waals surface area (Å²) in [6.07, 6.45) is 0.492. The molecule has 0 saturated carbocycles. The van der Waals surface area contributed by atoms with Gasteiger partial charge in [-0.25, -0.2) is 0 Å². The fourth-order valence-electron chi connectivity index (χ4n) is 1.35. The van der Waals surface area contributed by atoms with E-state index in [-0.39, 0.29) is 5.78 Å². The van der Waals surface area contributed by atoms with Crippen LogP contribution in [-0.2, 0) is 11.2 Å². The van der Waals surface area contributed by atoms with Crippen LogP contribution in [0, 0.1) is 6.92 Å². The third kappa shape index (κ3) is 3.94. The van der Waals surface area contributed by atoms with E-state index in [1.165, 1.54) is 23.1 Å². The molecule has 0 fully saturated rings. The van der Waals surface area contributed by atoms with E-state index in [1.54, 1.807) is 0 Å². The first-order chi connectivity index (χ1) is 8.24. The molecule has 0 atom stereocenters. The normalized spacial score (nSPS) is 10.4. The molecule has 1 aromatic carbocycles. The highest BCUT2D eigenvalue weighted by Gasteiger charge is 2.07. The third-order valence-corrected chi connectivity index (χ3v) is 4.14. The molecule has 0 N–H and O–H groups in total. The Kier molecular flexibility index (Phi) is 4.28. The van der Waals surface area contributed by atoms with E-state index in [9.17, 15) is 4.79 Å². The van der Waals surface area contributed by atoms with Crippen molar-refractivity contribution < 1.29 is 4.79 Å². The van der Waals surface area contributed by atoms with Gasteiger partial charge in [0, 0.05) is 6.42 Å². The quantitative estimate of drug-likeness (QED) is 0.779. The van der Waals surface area contributed by atoms with Crippen LogP contribution in [0.25, 0.3) is 0 Å². The number of hydrogen-bond donors (Lipinski definition) is 0. The Morgan fingerprint density at radius 1 is 1.29 bits per heavy atom. The summed E-state index contributed by atoms with van der Waals surface area (Å²) in [6.45, 7) is 1.91. The Bertz CT molecular complexity index is 496. The van der Waals surface area contributed by atoms with Crippen LogP contribution in [0.5, 0.6) is 0 Å². The Morgan fingerprint density at radius 3 is 2.71 bits per heavy atom. The lowest BCUT2D eigenvalue weighted by Gasteiger charge is -1.99. The molecule has 0 unspecified atom stereocenters. The molecule has 0 radical (unpaired) electrons. The second kappa shape index (κ2) is 5.93. The molecule has 2 rings (SSSR count). The number of rotatable bonds is 5. The standard InChI is InChI=1S/C12H12N2OS2/c1-9-13-14-12(17-9)16-8-11(15)7-10-5-3-2-4-6-10/h2-6H,7-8H2,1H3. The maximum absolute atomic E-state index is 11.7. The number of benzene rings is 1. The largest absolute Gasteiger partial charge is 0.298 e. The number of Topliss-reactive ketones (excluding diaryl/α,β-unsaturated/α-hetero) is 1. The first kappa shape index (κ1) is 12.3. The predicted octanol–water partition coefficient (Wildman–Crippen LogP) is 2.75. The highest BCUT2D eigenvalue weighted by Crippen LogP contribution is 2.21. The maximum atomic E-state index is 11.7. The number of nitrogens with zero attached hydrogens (tertiary/aromatic N) is 2. The topological polar surface area (TPSA) is 42.9 Å². The lowest BCUT2D eigenvalue weighted by molar-refractivity contribution is -0.116. The SMILES string of the molecule is Cc1nnc(SCC(=O)Cc2ccccc2)s1. The molecule has 88 valence electrons. The van der Waals surface area contributed by atoms with Gasteiger partial charge in [0.25, 0.3) is 0 Å². The van der Waals surface area contributed by atoms with Crippen LogP contribution in [-0.4, -0.2) is 21.7 Å². The van der Waals surface area contributed by atoms with Gasteiger partial charge in [0.1, 0.15) is 10.8 Å². The molecule has 0 aliphatic rings. The second-order valence-electron chi connectivity index (χ2n) is 3.58. The van der Waals surface area contributed by atoms with Gasteiger partial charge in [-0.3, -0.25) is 4.79 Å². The van der Waals surface area contributed by atoms with Crippen LogP contribution >= 0.6 is 23.1 Å². The Labute approximate surface area is 108 Å². The summed E-state index contributed by atoms with van der Waals surface area (Å²) in [6, 6.07) is 9.79. The van der Waals surface area contributed by atoms with Gasteiger partial charge in [-0.1, -0.05) is 53.4 Å². The van der Waals surface area contributed by atoms with Crippen molar-refractivity contribution >= 4 is 28.9 Å². The summed E-state index contributed by atoms with van der Waals surface area (Å²) in [4.78, 5) is 11.7. The molecule has 0 aliphatic carbocycles. The Morgan fingerprint density at radius 2 is 2.06 bits per heavy atom. The first-order valence-electron chi connectivity index (χ1n) is 5.22. The van der Waals surface area contributed by atoms with Gasteiger partial charge in [-0.05, 0) is 12.5 Å². The van der Waals surface area contributed by atoms with Gasteiger partial charge in [0.2, 0.25) is 0 Å². The first-order valence-corrected chi connectivity index (χ1v) is 7.03. The number of aryl methyl sites for hydroxylation is 1. The van der Waals surface area contributed by atoms with Crippen molar-refractivity contribution in [3.05, 3.63) is 40.9 Å². The van der Waals surface area contributed by atoms with Gasteiger partial charge >= 0.3 is 0 Å². The zero-order chi connectivity index (χ0) is 12.1. The number of hydrogen-bond acceptors (Lipinski definition) is 5. The van der Waals surface area contributed by atoms with Crippen molar-refractivity contribution in [3.8, 4) is 0 Å². The summed E-state index contributed by atoms with van der Waals surface area (Å²) < 4.78 is 0.865. The summed E-state index contributed by atoms with van der Waals surface area (Å²) in [5, 5.41) is 8.82. The molecule has 5 heteroatoms. The maximum Gasteiger partial charge on any atom is 0.174 e.